The minimum absolute atomic E-state index is 0.0369. The highest BCUT2D eigenvalue weighted by molar-refractivity contribution is 8.00. The summed E-state index contributed by atoms with van der Waals surface area (Å²) >= 11 is 3.10. The van der Waals surface area contributed by atoms with Crippen LogP contribution in [0.1, 0.15) is 29.1 Å². The van der Waals surface area contributed by atoms with E-state index in [2.05, 4.69) is 20.5 Å². The molecular weight excluding hydrogens is 448 g/mol. The predicted molar refractivity (Wildman–Crippen MR) is 123 cm³/mol. The molecule has 5 rings (SSSR count). The Morgan fingerprint density at radius 1 is 1.16 bits per heavy atom. The molecule has 1 fully saturated rings. The summed E-state index contributed by atoms with van der Waals surface area (Å²) in [6.07, 6.45) is 2.13. The lowest BCUT2D eigenvalue weighted by Gasteiger charge is -2.07. The largest absolute Gasteiger partial charge is 0.493 e. The van der Waals surface area contributed by atoms with Crippen molar-refractivity contribution in [1.82, 2.24) is 20.5 Å². The summed E-state index contributed by atoms with van der Waals surface area (Å²) in [5, 5.41) is 11.3. The van der Waals surface area contributed by atoms with Gasteiger partial charge >= 0.3 is 0 Å². The van der Waals surface area contributed by atoms with Crippen molar-refractivity contribution in [2.24, 2.45) is 0 Å². The van der Waals surface area contributed by atoms with Gasteiger partial charge in [0.1, 0.15) is 0 Å². The average Bonchev–Trinajstić information content (AvgIpc) is 3.34. The molecule has 2 heterocycles. The Morgan fingerprint density at radius 2 is 2.00 bits per heavy atom. The van der Waals surface area contributed by atoms with Crippen molar-refractivity contribution in [2.45, 2.75) is 29.0 Å². The Morgan fingerprint density at radius 3 is 2.78 bits per heavy atom. The van der Waals surface area contributed by atoms with Gasteiger partial charge in [-0.15, -0.1) is 21.5 Å². The van der Waals surface area contributed by atoms with Crippen molar-refractivity contribution in [1.29, 1.82) is 0 Å². The number of nitrogens with zero attached hydrogens (tertiary/aromatic N) is 3. The number of hydrogen-bond donors (Lipinski definition) is 1. The van der Waals surface area contributed by atoms with Gasteiger partial charge < -0.3 is 19.2 Å². The minimum atomic E-state index is -0.0369. The van der Waals surface area contributed by atoms with E-state index in [0.29, 0.717) is 40.6 Å². The lowest BCUT2D eigenvalue weighted by Crippen LogP contribution is -2.25. The number of carbonyl (C=O) groups is 1. The standard InChI is InChI=1S/C22H20N4O4S2/c1-28-16-7-3-13(10-17(16)29-2)21-26-25-19(30-21)11-31-22-24-15-9-12(4-8-18(15)32-22)20(27)23-14-5-6-14/h3-4,7-10,14H,5-6,11H2,1-2H3,(H,23,27). The first-order valence-corrected chi connectivity index (χ1v) is 11.8. The van der Waals surface area contributed by atoms with Gasteiger partial charge in [0.25, 0.3) is 5.91 Å². The van der Waals surface area contributed by atoms with Gasteiger partial charge in [-0.2, -0.15) is 0 Å². The van der Waals surface area contributed by atoms with Gasteiger partial charge in [-0.05, 0) is 49.2 Å². The van der Waals surface area contributed by atoms with Gasteiger partial charge in [0.05, 0.1) is 30.2 Å². The topological polar surface area (TPSA) is 99.4 Å². The number of nitrogens with one attached hydrogen (secondary N) is 1. The third-order valence-corrected chi connectivity index (χ3v) is 7.12. The monoisotopic (exact) mass is 468 g/mol. The lowest BCUT2D eigenvalue weighted by atomic mass is 10.2. The maximum Gasteiger partial charge on any atom is 0.251 e. The highest BCUT2D eigenvalue weighted by Crippen LogP contribution is 2.34. The molecule has 4 aromatic rings. The highest BCUT2D eigenvalue weighted by atomic mass is 32.2. The summed E-state index contributed by atoms with van der Waals surface area (Å²) in [4.78, 5) is 16.9. The van der Waals surface area contributed by atoms with Crippen molar-refractivity contribution >= 4 is 39.2 Å². The summed E-state index contributed by atoms with van der Waals surface area (Å²) in [5.41, 5.74) is 2.21. The van der Waals surface area contributed by atoms with Crippen LogP contribution in [0.4, 0.5) is 0 Å². The molecule has 1 aliphatic rings. The summed E-state index contributed by atoms with van der Waals surface area (Å²) in [6.45, 7) is 0. The molecule has 1 saturated carbocycles. The third-order valence-electron chi connectivity index (χ3n) is 4.96. The molecule has 1 N–H and O–H groups in total. The number of fused-ring (bicyclic) bond motifs is 1. The molecule has 0 radical (unpaired) electrons. The molecule has 2 aromatic heterocycles. The van der Waals surface area contributed by atoms with Gasteiger partial charge in [0.2, 0.25) is 11.8 Å². The van der Waals surface area contributed by atoms with E-state index >= 15 is 0 Å². The molecule has 32 heavy (non-hydrogen) atoms. The summed E-state index contributed by atoms with van der Waals surface area (Å²) < 4.78 is 18.3. The number of rotatable bonds is 8. The molecule has 164 valence electrons. The number of hydrogen-bond acceptors (Lipinski definition) is 9. The lowest BCUT2D eigenvalue weighted by molar-refractivity contribution is 0.0951. The molecule has 0 atom stereocenters. The summed E-state index contributed by atoms with van der Waals surface area (Å²) in [6, 6.07) is 11.4. The normalized spacial score (nSPS) is 13.3. The zero-order chi connectivity index (χ0) is 22.1. The number of thioether (sulfide) groups is 1. The number of aromatic nitrogens is 3. The van der Waals surface area contributed by atoms with E-state index in [1.165, 1.54) is 11.8 Å². The van der Waals surface area contributed by atoms with Crippen LogP contribution in [-0.4, -0.2) is 41.3 Å². The van der Waals surface area contributed by atoms with Gasteiger partial charge in [0, 0.05) is 17.2 Å². The average molecular weight is 469 g/mol. The molecule has 0 aliphatic heterocycles. The van der Waals surface area contributed by atoms with Crippen molar-refractivity contribution < 1.29 is 18.7 Å². The Bertz CT molecular complexity index is 1280. The van der Waals surface area contributed by atoms with E-state index in [-0.39, 0.29) is 5.91 Å². The Kier molecular flexibility index (Phi) is 5.71. The van der Waals surface area contributed by atoms with Crippen LogP contribution >= 0.6 is 23.1 Å². The Hall–Kier alpha value is -3.11. The summed E-state index contributed by atoms with van der Waals surface area (Å²) in [5.74, 6) is 2.61. The number of methoxy groups -OCH3 is 2. The zero-order valence-electron chi connectivity index (χ0n) is 17.5. The number of carbonyl (C=O) groups excluding carboxylic acids is 1. The molecule has 1 amide bonds. The maximum atomic E-state index is 12.3. The molecule has 0 spiro atoms. The molecule has 0 bridgehead atoms. The van der Waals surface area contributed by atoms with Gasteiger partial charge in [0.15, 0.2) is 15.8 Å². The van der Waals surface area contributed by atoms with Gasteiger partial charge in [-0.1, -0.05) is 11.8 Å². The molecular formula is C22H20N4O4S2. The molecule has 10 heteroatoms. The van der Waals surface area contributed by atoms with Crippen molar-refractivity contribution in [3.8, 4) is 23.0 Å². The molecule has 1 aliphatic carbocycles. The van der Waals surface area contributed by atoms with Crippen LogP contribution in [0.5, 0.6) is 11.5 Å². The van der Waals surface area contributed by atoms with E-state index in [1.807, 2.05) is 24.3 Å². The number of amides is 1. The van der Waals surface area contributed by atoms with E-state index in [9.17, 15) is 4.79 Å². The molecule has 8 nitrogen and oxygen atoms in total. The van der Waals surface area contributed by atoms with Crippen LogP contribution in [-0.2, 0) is 5.75 Å². The first-order chi connectivity index (χ1) is 15.6. The van der Waals surface area contributed by atoms with Crippen LogP contribution < -0.4 is 14.8 Å². The van der Waals surface area contributed by atoms with Crippen molar-refractivity contribution in [3.05, 3.63) is 47.9 Å². The Balaban J connectivity index is 1.27. The van der Waals surface area contributed by atoms with E-state index < -0.39 is 0 Å². The van der Waals surface area contributed by atoms with E-state index in [1.54, 1.807) is 37.7 Å². The quantitative estimate of drug-likeness (QED) is 0.376. The molecule has 0 saturated heterocycles. The van der Waals surface area contributed by atoms with E-state index in [4.69, 9.17) is 13.9 Å². The van der Waals surface area contributed by atoms with Gasteiger partial charge in [-0.3, -0.25) is 4.79 Å². The first kappa shape index (κ1) is 20.8. The number of ether oxygens (including phenoxy) is 2. The second kappa shape index (κ2) is 8.79. The second-order valence-corrected chi connectivity index (χ2v) is 9.52. The molecule has 0 unspecified atom stereocenters. The SMILES string of the molecule is COc1ccc(-c2nnc(CSc3nc4cc(C(=O)NC5CC5)ccc4s3)o2)cc1OC. The fraction of sp³-hybridized carbons (Fsp3) is 0.273. The fourth-order valence-corrected chi connectivity index (χ4v) is 5.01. The summed E-state index contributed by atoms with van der Waals surface area (Å²) in [7, 11) is 3.17. The zero-order valence-corrected chi connectivity index (χ0v) is 19.1. The van der Waals surface area contributed by atoms with Crippen molar-refractivity contribution in [3.63, 3.8) is 0 Å². The van der Waals surface area contributed by atoms with Crippen LogP contribution in [0, 0.1) is 0 Å². The molecule has 2 aromatic carbocycles. The maximum absolute atomic E-state index is 12.3. The van der Waals surface area contributed by atoms with Crippen LogP contribution in [0.2, 0.25) is 0 Å². The van der Waals surface area contributed by atoms with Crippen LogP contribution in [0.15, 0.2) is 45.2 Å². The smallest absolute Gasteiger partial charge is 0.251 e. The Labute approximate surface area is 192 Å². The third kappa shape index (κ3) is 4.42. The highest BCUT2D eigenvalue weighted by Gasteiger charge is 2.24. The van der Waals surface area contributed by atoms with E-state index in [0.717, 1.165) is 33.0 Å². The fourth-order valence-electron chi connectivity index (χ4n) is 3.13. The predicted octanol–water partition coefficient (Wildman–Crippen LogP) is 4.55. The van der Waals surface area contributed by atoms with Crippen LogP contribution in [0.3, 0.4) is 0 Å². The number of benzene rings is 2. The van der Waals surface area contributed by atoms with Gasteiger partial charge in [-0.25, -0.2) is 4.98 Å². The van der Waals surface area contributed by atoms with Crippen molar-refractivity contribution in [2.75, 3.05) is 14.2 Å². The number of thiazole rings is 1. The van der Waals surface area contributed by atoms with Crippen LogP contribution in [0.25, 0.3) is 21.7 Å². The minimum Gasteiger partial charge on any atom is -0.493 e. The first-order valence-electron chi connectivity index (χ1n) is 10.0. The second-order valence-electron chi connectivity index (χ2n) is 7.27.